The van der Waals surface area contributed by atoms with Gasteiger partial charge in [-0.2, -0.15) is 9.90 Å². The van der Waals surface area contributed by atoms with Crippen molar-refractivity contribution >= 4 is 11.9 Å². The number of carboxylic acid groups (broad SMARTS) is 1. The lowest BCUT2D eigenvalue weighted by atomic mass is 9.98. The van der Waals surface area contributed by atoms with Crippen molar-refractivity contribution < 1.29 is 14.7 Å². The third-order valence-corrected chi connectivity index (χ3v) is 3.93. The smallest absolute Gasteiger partial charge is 0.329 e. The molecule has 1 fully saturated rings. The number of hydrogen-bond donors (Lipinski definition) is 2. The molecule has 7 heteroatoms. The zero-order valence-corrected chi connectivity index (χ0v) is 11.9. The first-order valence-corrected chi connectivity index (χ1v) is 7.14. The van der Waals surface area contributed by atoms with Gasteiger partial charge < -0.3 is 10.4 Å². The Balaban J connectivity index is 1.79. The zero-order valence-electron chi connectivity index (χ0n) is 11.9. The number of benzene rings is 1. The number of aromatic nitrogens is 3. The fourth-order valence-corrected chi connectivity index (χ4v) is 2.71. The molecule has 2 N–H and O–H groups in total. The van der Waals surface area contributed by atoms with Gasteiger partial charge in [-0.15, -0.1) is 5.10 Å². The van der Waals surface area contributed by atoms with Crippen molar-refractivity contribution in [2.45, 2.75) is 31.2 Å². The number of carboxylic acids is 1. The molecule has 1 aliphatic carbocycles. The number of aliphatic carboxylic acids is 1. The fourth-order valence-electron chi connectivity index (χ4n) is 2.71. The van der Waals surface area contributed by atoms with Crippen LogP contribution in [0.5, 0.6) is 0 Å². The Hall–Kier alpha value is -2.70. The molecule has 0 spiro atoms. The topological polar surface area (TPSA) is 97.1 Å². The highest BCUT2D eigenvalue weighted by Gasteiger charge is 2.43. The van der Waals surface area contributed by atoms with Crippen LogP contribution >= 0.6 is 0 Å². The normalized spacial score (nSPS) is 16.4. The monoisotopic (exact) mass is 300 g/mol. The van der Waals surface area contributed by atoms with Crippen molar-refractivity contribution in [3.8, 4) is 5.69 Å². The second kappa shape index (κ2) is 5.59. The largest absolute Gasteiger partial charge is 0.480 e. The van der Waals surface area contributed by atoms with Gasteiger partial charge in [0.05, 0.1) is 11.9 Å². The zero-order chi connectivity index (χ0) is 15.6. The van der Waals surface area contributed by atoms with Crippen LogP contribution in [0, 0.1) is 0 Å². The molecule has 7 nitrogen and oxygen atoms in total. The maximum Gasteiger partial charge on any atom is 0.329 e. The van der Waals surface area contributed by atoms with Gasteiger partial charge in [0.2, 0.25) is 0 Å². The minimum absolute atomic E-state index is 0.108. The van der Waals surface area contributed by atoms with E-state index in [0.717, 1.165) is 18.5 Å². The number of carbonyl (C=O) groups is 2. The highest BCUT2D eigenvalue weighted by molar-refractivity contribution is 5.96. The number of amides is 1. The van der Waals surface area contributed by atoms with Gasteiger partial charge in [-0.25, -0.2) is 4.79 Å². The molecule has 0 unspecified atom stereocenters. The average molecular weight is 300 g/mol. The molecule has 1 aromatic heterocycles. The number of nitrogens with zero attached hydrogens (tertiary/aromatic N) is 3. The molecule has 0 radical (unpaired) electrons. The summed E-state index contributed by atoms with van der Waals surface area (Å²) in [4.78, 5) is 25.1. The number of para-hydroxylation sites is 1. The lowest BCUT2D eigenvalue weighted by Gasteiger charge is -2.24. The second-order valence-electron chi connectivity index (χ2n) is 5.40. The van der Waals surface area contributed by atoms with Crippen LogP contribution in [0.2, 0.25) is 0 Å². The lowest BCUT2D eigenvalue weighted by Crippen LogP contribution is -2.52. The van der Waals surface area contributed by atoms with Crippen molar-refractivity contribution in [2.24, 2.45) is 0 Å². The highest BCUT2D eigenvalue weighted by Crippen LogP contribution is 2.30. The van der Waals surface area contributed by atoms with E-state index in [1.165, 1.54) is 11.0 Å². The van der Waals surface area contributed by atoms with Crippen LogP contribution in [0.3, 0.4) is 0 Å². The van der Waals surface area contributed by atoms with Crippen LogP contribution in [0.25, 0.3) is 5.69 Å². The molecule has 1 heterocycles. The summed E-state index contributed by atoms with van der Waals surface area (Å²) < 4.78 is 0. The Bertz CT molecular complexity index is 690. The van der Waals surface area contributed by atoms with Crippen LogP contribution in [-0.4, -0.2) is 37.5 Å². The second-order valence-corrected chi connectivity index (χ2v) is 5.40. The maximum atomic E-state index is 12.3. The van der Waals surface area contributed by atoms with Gasteiger partial charge in [0.15, 0.2) is 5.69 Å². The highest BCUT2D eigenvalue weighted by atomic mass is 16.4. The average Bonchev–Trinajstić information content (AvgIpc) is 3.18. The Morgan fingerprint density at radius 2 is 1.86 bits per heavy atom. The molecular weight excluding hydrogens is 284 g/mol. The minimum atomic E-state index is -1.17. The van der Waals surface area contributed by atoms with E-state index in [4.69, 9.17) is 0 Å². The summed E-state index contributed by atoms with van der Waals surface area (Å²) in [7, 11) is 0. The van der Waals surface area contributed by atoms with E-state index in [9.17, 15) is 14.7 Å². The first-order valence-electron chi connectivity index (χ1n) is 7.14. The van der Waals surface area contributed by atoms with Crippen LogP contribution < -0.4 is 5.32 Å². The number of rotatable bonds is 4. The first kappa shape index (κ1) is 14.2. The molecular formula is C15H16N4O3. The van der Waals surface area contributed by atoms with Crippen LogP contribution in [0.4, 0.5) is 0 Å². The summed E-state index contributed by atoms with van der Waals surface area (Å²) in [6.07, 6.45) is 3.82. The van der Waals surface area contributed by atoms with Crippen molar-refractivity contribution in [1.82, 2.24) is 20.3 Å². The molecule has 0 bridgehead atoms. The van der Waals surface area contributed by atoms with E-state index in [1.807, 2.05) is 30.3 Å². The molecule has 2 aromatic rings. The number of hydrogen-bond acceptors (Lipinski definition) is 4. The summed E-state index contributed by atoms with van der Waals surface area (Å²) >= 11 is 0. The third kappa shape index (κ3) is 2.57. The molecule has 0 atom stereocenters. The maximum absolute atomic E-state index is 12.3. The number of nitrogens with one attached hydrogen (secondary N) is 1. The lowest BCUT2D eigenvalue weighted by molar-refractivity contribution is -0.144. The molecule has 0 saturated heterocycles. The van der Waals surface area contributed by atoms with Crippen LogP contribution in [-0.2, 0) is 4.79 Å². The van der Waals surface area contributed by atoms with Crippen molar-refractivity contribution in [1.29, 1.82) is 0 Å². The van der Waals surface area contributed by atoms with Gasteiger partial charge in [0.1, 0.15) is 5.54 Å². The summed E-state index contributed by atoms with van der Waals surface area (Å²) in [5.41, 5.74) is -0.333. The third-order valence-electron chi connectivity index (χ3n) is 3.93. The molecule has 0 aliphatic heterocycles. The Morgan fingerprint density at radius 3 is 2.50 bits per heavy atom. The SMILES string of the molecule is O=C(NC1(C(=O)O)CCCC1)c1cnn(-c2ccccc2)n1. The quantitative estimate of drug-likeness (QED) is 0.889. The summed E-state index contributed by atoms with van der Waals surface area (Å²) in [6, 6.07) is 9.19. The summed E-state index contributed by atoms with van der Waals surface area (Å²) in [5, 5.41) is 20.2. The van der Waals surface area contributed by atoms with E-state index in [2.05, 4.69) is 15.5 Å². The Morgan fingerprint density at radius 1 is 1.18 bits per heavy atom. The van der Waals surface area contributed by atoms with Gasteiger partial charge in [0, 0.05) is 0 Å². The van der Waals surface area contributed by atoms with Crippen molar-refractivity contribution in [3.05, 3.63) is 42.2 Å². The van der Waals surface area contributed by atoms with Gasteiger partial charge in [0.25, 0.3) is 5.91 Å². The van der Waals surface area contributed by atoms with Crippen molar-refractivity contribution in [3.63, 3.8) is 0 Å². The Labute approximate surface area is 126 Å². The van der Waals surface area contributed by atoms with E-state index in [1.54, 1.807) is 0 Å². The molecule has 1 aromatic carbocycles. The molecule has 22 heavy (non-hydrogen) atoms. The standard InChI is InChI=1S/C15H16N4O3/c20-13(17-15(14(21)22)8-4-5-9-15)12-10-16-19(18-12)11-6-2-1-3-7-11/h1-3,6-7,10H,4-5,8-9H2,(H,17,20)(H,21,22). The Kier molecular flexibility index (Phi) is 3.62. The molecule has 114 valence electrons. The van der Waals surface area contributed by atoms with Gasteiger partial charge >= 0.3 is 5.97 Å². The molecule has 1 saturated carbocycles. The van der Waals surface area contributed by atoms with Gasteiger partial charge in [-0.05, 0) is 25.0 Å². The van der Waals surface area contributed by atoms with Crippen LogP contribution in [0.15, 0.2) is 36.5 Å². The number of carbonyl (C=O) groups excluding carboxylic acids is 1. The van der Waals surface area contributed by atoms with Gasteiger partial charge in [-0.1, -0.05) is 31.0 Å². The molecule has 1 aliphatic rings. The van der Waals surface area contributed by atoms with Crippen LogP contribution in [0.1, 0.15) is 36.2 Å². The summed E-state index contributed by atoms with van der Waals surface area (Å²) in [6.45, 7) is 0. The minimum Gasteiger partial charge on any atom is -0.480 e. The predicted molar refractivity (Wildman–Crippen MR) is 77.7 cm³/mol. The molecule has 3 rings (SSSR count). The van der Waals surface area contributed by atoms with E-state index >= 15 is 0 Å². The van der Waals surface area contributed by atoms with E-state index in [0.29, 0.717) is 12.8 Å². The van der Waals surface area contributed by atoms with E-state index in [-0.39, 0.29) is 5.69 Å². The fraction of sp³-hybridized carbons (Fsp3) is 0.333. The van der Waals surface area contributed by atoms with Gasteiger partial charge in [-0.3, -0.25) is 4.79 Å². The summed E-state index contributed by atoms with van der Waals surface area (Å²) in [5.74, 6) is -1.50. The predicted octanol–water partition coefficient (Wildman–Crippen LogP) is 1.39. The van der Waals surface area contributed by atoms with Crippen molar-refractivity contribution in [2.75, 3.05) is 0 Å². The first-order chi connectivity index (χ1) is 10.6. The van der Waals surface area contributed by atoms with E-state index < -0.39 is 17.4 Å². The molecule has 1 amide bonds.